The van der Waals surface area contributed by atoms with E-state index >= 15 is 0 Å². The number of carbonyl (C=O) groups excluding carboxylic acids is 1. The summed E-state index contributed by atoms with van der Waals surface area (Å²) in [5.74, 6) is 0.921. The van der Waals surface area contributed by atoms with E-state index in [0.717, 1.165) is 29.2 Å². The van der Waals surface area contributed by atoms with Gasteiger partial charge in [0.05, 0.1) is 4.90 Å². The van der Waals surface area contributed by atoms with Crippen LogP contribution in [0.1, 0.15) is 26.7 Å². The normalized spacial score (nSPS) is 16.4. The summed E-state index contributed by atoms with van der Waals surface area (Å²) in [5.41, 5.74) is 0.813. The highest BCUT2D eigenvalue weighted by molar-refractivity contribution is 8.00. The molecule has 0 spiro atoms. The summed E-state index contributed by atoms with van der Waals surface area (Å²) in [4.78, 5) is 11.3. The number of thioether (sulfide) groups is 1. The van der Waals surface area contributed by atoms with Gasteiger partial charge in [-0.3, -0.25) is 4.79 Å². The van der Waals surface area contributed by atoms with Gasteiger partial charge in [0, 0.05) is 5.69 Å². The van der Waals surface area contributed by atoms with Crippen molar-refractivity contribution in [2.24, 2.45) is 0 Å². The molecule has 0 saturated heterocycles. The smallest absolute Gasteiger partial charge is 0.211 e. The Morgan fingerprint density at radius 1 is 1.44 bits per heavy atom. The summed E-state index contributed by atoms with van der Waals surface area (Å²) in [7, 11) is 0. The van der Waals surface area contributed by atoms with Crippen LogP contribution < -0.4 is 10.1 Å². The number of fused-ring (bicyclic) bond motifs is 1. The molecule has 1 aliphatic rings. The van der Waals surface area contributed by atoms with Crippen molar-refractivity contribution >= 4 is 23.9 Å². The molecule has 3 nitrogen and oxygen atoms in total. The zero-order valence-corrected chi connectivity index (χ0v) is 10.3. The monoisotopic (exact) mass is 237 g/mol. The molecule has 1 aliphatic heterocycles. The van der Waals surface area contributed by atoms with Crippen molar-refractivity contribution < 1.29 is 9.53 Å². The van der Waals surface area contributed by atoms with Crippen LogP contribution in [0.3, 0.4) is 0 Å². The van der Waals surface area contributed by atoms with E-state index in [9.17, 15) is 4.79 Å². The summed E-state index contributed by atoms with van der Waals surface area (Å²) < 4.78 is 5.97. The first kappa shape index (κ1) is 11.3. The van der Waals surface area contributed by atoms with Crippen LogP contribution in [0.2, 0.25) is 0 Å². The Hall–Kier alpha value is -1.16. The average molecular weight is 237 g/mol. The molecule has 1 aromatic rings. The lowest BCUT2D eigenvalue weighted by molar-refractivity contribution is -0.105. The van der Waals surface area contributed by atoms with Gasteiger partial charge < -0.3 is 10.1 Å². The average Bonchev–Trinajstić information content (AvgIpc) is 2.68. The summed E-state index contributed by atoms with van der Waals surface area (Å²) in [6.07, 6.45) is 2.63. The molecule has 1 heterocycles. The van der Waals surface area contributed by atoms with Crippen LogP contribution in [0, 0.1) is 0 Å². The van der Waals surface area contributed by atoms with Crippen molar-refractivity contribution in [1.82, 2.24) is 0 Å². The largest absolute Gasteiger partial charge is 0.475 e. The van der Waals surface area contributed by atoms with Crippen LogP contribution in [-0.4, -0.2) is 11.3 Å². The van der Waals surface area contributed by atoms with Crippen molar-refractivity contribution in [3.05, 3.63) is 18.2 Å². The van der Waals surface area contributed by atoms with Crippen LogP contribution in [0.5, 0.6) is 5.75 Å². The highest BCUT2D eigenvalue weighted by Gasteiger charge is 2.37. The minimum Gasteiger partial charge on any atom is -0.475 e. The Balaban J connectivity index is 2.27. The fraction of sp³-hybridized carbons (Fsp3) is 0.417. The quantitative estimate of drug-likeness (QED) is 0.817. The number of carbonyl (C=O) groups is 1. The number of nitrogens with one attached hydrogen (secondary N) is 1. The Labute approximate surface area is 99.6 Å². The molecule has 0 aromatic heterocycles. The van der Waals surface area contributed by atoms with Gasteiger partial charge in [-0.25, -0.2) is 0 Å². The standard InChI is InChI=1S/C12H15NO2S/c1-3-12(4-2)15-10-6-5-9(13-8-14)7-11(10)16-12/h5-8H,3-4H2,1-2H3,(H,13,14). The lowest BCUT2D eigenvalue weighted by Crippen LogP contribution is -2.26. The molecular formula is C12H15NO2S. The maximum atomic E-state index is 10.4. The third-order valence-electron chi connectivity index (χ3n) is 2.84. The second-order valence-corrected chi connectivity index (χ2v) is 5.13. The molecule has 0 bridgehead atoms. The van der Waals surface area contributed by atoms with Gasteiger partial charge in [-0.05, 0) is 31.0 Å². The molecule has 0 radical (unpaired) electrons. The highest BCUT2D eigenvalue weighted by Crippen LogP contribution is 2.51. The minimum absolute atomic E-state index is 0.123. The van der Waals surface area contributed by atoms with Crippen molar-refractivity contribution in [2.45, 2.75) is 36.5 Å². The molecule has 0 atom stereocenters. The molecule has 0 saturated carbocycles. The topological polar surface area (TPSA) is 38.3 Å². The molecule has 2 rings (SSSR count). The lowest BCUT2D eigenvalue weighted by atomic mass is 10.2. The molecule has 0 aliphatic carbocycles. The number of ether oxygens (including phenoxy) is 1. The molecule has 1 N–H and O–H groups in total. The third-order valence-corrected chi connectivity index (χ3v) is 4.41. The maximum Gasteiger partial charge on any atom is 0.211 e. The van der Waals surface area contributed by atoms with Gasteiger partial charge in [0.25, 0.3) is 0 Å². The predicted octanol–water partition coefficient (Wildman–Crippen LogP) is 3.26. The van der Waals surface area contributed by atoms with E-state index in [4.69, 9.17) is 4.74 Å². The predicted molar refractivity (Wildman–Crippen MR) is 65.9 cm³/mol. The van der Waals surface area contributed by atoms with Gasteiger partial charge in [0.1, 0.15) is 5.75 Å². The van der Waals surface area contributed by atoms with Crippen LogP contribution in [0.4, 0.5) is 5.69 Å². The fourth-order valence-electron chi connectivity index (χ4n) is 1.79. The Morgan fingerprint density at radius 3 is 2.81 bits per heavy atom. The van der Waals surface area contributed by atoms with Gasteiger partial charge in [0.15, 0.2) is 4.93 Å². The van der Waals surface area contributed by atoms with Crippen LogP contribution in [-0.2, 0) is 4.79 Å². The zero-order valence-electron chi connectivity index (χ0n) is 9.45. The summed E-state index contributed by atoms with van der Waals surface area (Å²) in [6.45, 7) is 4.26. The number of hydrogen-bond donors (Lipinski definition) is 1. The third kappa shape index (κ3) is 1.89. The van der Waals surface area contributed by atoms with Crippen molar-refractivity contribution in [3.63, 3.8) is 0 Å². The van der Waals surface area contributed by atoms with Gasteiger partial charge in [-0.1, -0.05) is 25.6 Å². The van der Waals surface area contributed by atoms with Gasteiger partial charge in [-0.15, -0.1) is 0 Å². The number of hydrogen-bond acceptors (Lipinski definition) is 3. The van der Waals surface area contributed by atoms with Crippen molar-refractivity contribution in [1.29, 1.82) is 0 Å². The minimum atomic E-state index is -0.123. The number of amides is 1. The molecule has 0 fully saturated rings. The first-order valence-corrected chi connectivity index (χ1v) is 6.27. The van der Waals surface area contributed by atoms with Crippen molar-refractivity contribution in [2.75, 3.05) is 5.32 Å². The molecule has 86 valence electrons. The van der Waals surface area contributed by atoms with Crippen LogP contribution in [0.15, 0.2) is 23.1 Å². The van der Waals surface area contributed by atoms with E-state index in [2.05, 4.69) is 19.2 Å². The van der Waals surface area contributed by atoms with E-state index < -0.39 is 0 Å². The maximum absolute atomic E-state index is 10.4. The second kappa shape index (κ2) is 4.37. The van der Waals surface area contributed by atoms with E-state index in [1.54, 1.807) is 11.8 Å². The molecular weight excluding hydrogens is 222 g/mol. The summed E-state index contributed by atoms with van der Waals surface area (Å²) >= 11 is 1.75. The Morgan fingerprint density at radius 2 is 2.19 bits per heavy atom. The van der Waals surface area contributed by atoms with E-state index in [1.165, 1.54) is 0 Å². The lowest BCUT2D eigenvalue weighted by Gasteiger charge is -2.24. The molecule has 1 aromatic carbocycles. The molecule has 4 heteroatoms. The fourth-order valence-corrected chi connectivity index (χ4v) is 3.01. The first-order chi connectivity index (χ1) is 7.73. The first-order valence-electron chi connectivity index (χ1n) is 5.45. The second-order valence-electron chi connectivity index (χ2n) is 3.75. The summed E-state index contributed by atoms with van der Waals surface area (Å²) in [5, 5.41) is 2.65. The van der Waals surface area contributed by atoms with Crippen LogP contribution in [0.25, 0.3) is 0 Å². The molecule has 1 amide bonds. The number of rotatable bonds is 4. The Bertz CT molecular complexity index is 402. The molecule has 0 unspecified atom stereocenters. The zero-order chi connectivity index (χ0) is 11.6. The molecule has 16 heavy (non-hydrogen) atoms. The number of benzene rings is 1. The van der Waals surface area contributed by atoms with Crippen LogP contribution >= 0.6 is 11.8 Å². The van der Waals surface area contributed by atoms with E-state index in [-0.39, 0.29) is 4.93 Å². The van der Waals surface area contributed by atoms with Crippen molar-refractivity contribution in [3.8, 4) is 5.75 Å². The SMILES string of the molecule is CCC1(CC)Oc2ccc(NC=O)cc2S1. The summed E-state index contributed by atoms with van der Waals surface area (Å²) in [6, 6.07) is 5.73. The number of anilines is 1. The highest BCUT2D eigenvalue weighted by atomic mass is 32.2. The Kier molecular flexibility index (Phi) is 3.10. The van der Waals surface area contributed by atoms with E-state index in [0.29, 0.717) is 6.41 Å². The van der Waals surface area contributed by atoms with Gasteiger partial charge >= 0.3 is 0 Å². The van der Waals surface area contributed by atoms with Gasteiger partial charge in [0.2, 0.25) is 6.41 Å². The van der Waals surface area contributed by atoms with Gasteiger partial charge in [-0.2, -0.15) is 0 Å². The van der Waals surface area contributed by atoms with E-state index in [1.807, 2.05) is 18.2 Å².